The highest BCUT2D eigenvalue weighted by Gasteiger charge is 2.24. The summed E-state index contributed by atoms with van der Waals surface area (Å²) >= 11 is 0. The van der Waals surface area contributed by atoms with Gasteiger partial charge in [-0.25, -0.2) is 9.78 Å². The minimum absolute atomic E-state index is 0.0399. The van der Waals surface area contributed by atoms with Gasteiger partial charge in [-0.2, -0.15) is 0 Å². The summed E-state index contributed by atoms with van der Waals surface area (Å²) in [5.41, 5.74) is -0.749. The van der Waals surface area contributed by atoms with Crippen LogP contribution in [0, 0.1) is 0 Å². The number of rotatable bonds is 8. The number of carbonyl (C=O) groups is 2. The molecule has 0 N–H and O–H groups in total. The molecule has 10 heteroatoms. The van der Waals surface area contributed by atoms with Crippen LogP contribution in [0.15, 0.2) is 15.9 Å². The average Bonchev–Trinajstić information content (AvgIpc) is 3.12. The molecular formula is C19H29N5O5. The van der Waals surface area contributed by atoms with Crippen LogP contribution in [0.2, 0.25) is 0 Å². The van der Waals surface area contributed by atoms with E-state index in [4.69, 9.17) is 4.74 Å². The molecule has 0 bridgehead atoms. The quantitative estimate of drug-likeness (QED) is 0.586. The monoisotopic (exact) mass is 407 g/mol. The first kappa shape index (κ1) is 22.4. The van der Waals surface area contributed by atoms with E-state index >= 15 is 0 Å². The van der Waals surface area contributed by atoms with Gasteiger partial charge in [0.2, 0.25) is 0 Å². The molecule has 0 spiro atoms. The van der Waals surface area contributed by atoms with Crippen LogP contribution in [0.3, 0.4) is 0 Å². The molecule has 0 fully saturated rings. The molecule has 1 amide bonds. The van der Waals surface area contributed by atoms with E-state index in [1.165, 1.54) is 29.6 Å². The molecule has 0 aliphatic carbocycles. The lowest BCUT2D eigenvalue weighted by Crippen LogP contribution is -2.46. The summed E-state index contributed by atoms with van der Waals surface area (Å²) in [6.45, 7) is 7.27. The van der Waals surface area contributed by atoms with Crippen LogP contribution in [0.4, 0.5) is 0 Å². The molecule has 2 rings (SSSR count). The van der Waals surface area contributed by atoms with Gasteiger partial charge in [-0.1, -0.05) is 13.8 Å². The van der Waals surface area contributed by atoms with Crippen molar-refractivity contribution in [2.45, 2.75) is 59.2 Å². The Morgan fingerprint density at radius 2 is 1.69 bits per heavy atom. The van der Waals surface area contributed by atoms with Crippen LogP contribution in [0.25, 0.3) is 11.2 Å². The lowest BCUT2D eigenvalue weighted by molar-refractivity contribution is -0.154. The van der Waals surface area contributed by atoms with E-state index in [0.717, 1.165) is 17.4 Å². The Balaban J connectivity index is 2.15. The Kier molecular flexibility index (Phi) is 6.99. The van der Waals surface area contributed by atoms with Gasteiger partial charge in [0.15, 0.2) is 17.8 Å². The van der Waals surface area contributed by atoms with E-state index in [9.17, 15) is 19.2 Å². The number of carbonyl (C=O) groups excluding carboxylic acids is 2. The zero-order chi connectivity index (χ0) is 21.9. The third kappa shape index (κ3) is 4.41. The van der Waals surface area contributed by atoms with Crippen LogP contribution in [0.5, 0.6) is 0 Å². The van der Waals surface area contributed by atoms with Crippen LogP contribution in [-0.4, -0.2) is 54.2 Å². The van der Waals surface area contributed by atoms with Crippen LogP contribution >= 0.6 is 0 Å². The second-order valence-corrected chi connectivity index (χ2v) is 7.23. The summed E-state index contributed by atoms with van der Waals surface area (Å²) in [6, 6.07) is 0.0797. The lowest BCUT2D eigenvalue weighted by atomic mass is 10.1. The fraction of sp³-hybridized carbons (Fsp3) is 0.632. The van der Waals surface area contributed by atoms with E-state index in [2.05, 4.69) is 4.98 Å². The third-order valence-corrected chi connectivity index (χ3v) is 5.29. The van der Waals surface area contributed by atoms with Gasteiger partial charge in [0.25, 0.3) is 11.5 Å². The number of ether oxygens (including phenoxy) is 1. The summed E-state index contributed by atoms with van der Waals surface area (Å²) in [6.07, 6.45) is 2.90. The number of amides is 1. The lowest BCUT2D eigenvalue weighted by Gasteiger charge is -2.33. The Hall–Kier alpha value is -2.91. The standard InChI is InChI=1S/C19H29N5O5/c1-7-12(3)24(13(4)8-2)14(25)10-29-15(26)9-23-11-20-17-16(23)18(27)22(6)19(28)21(17)5/h11-13H,7-10H2,1-6H3/t12-,13-/m0/s1. The van der Waals surface area contributed by atoms with Gasteiger partial charge in [-0.3, -0.25) is 23.5 Å². The maximum Gasteiger partial charge on any atom is 0.332 e. The number of imidazole rings is 1. The highest BCUT2D eigenvalue weighted by molar-refractivity contribution is 5.81. The number of aromatic nitrogens is 4. The molecule has 2 atom stereocenters. The zero-order valence-electron chi connectivity index (χ0n) is 17.8. The molecule has 2 aromatic rings. The van der Waals surface area contributed by atoms with E-state index in [-0.39, 0.29) is 42.3 Å². The van der Waals surface area contributed by atoms with E-state index in [1.807, 2.05) is 27.7 Å². The van der Waals surface area contributed by atoms with Crippen molar-refractivity contribution in [2.75, 3.05) is 6.61 Å². The topological polar surface area (TPSA) is 108 Å². The first-order chi connectivity index (χ1) is 13.6. The van der Waals surface area contributed by atoms with Gasteiger partial charge in [-0.15, -0.1) is 0 Å². The molecule has 0 saturated carbocycles. The fourth-order valence-electron chi connectivity index (χ4n) is 3.24. The normalized spacial score (nSPS) is 13.3. The maximum atomic E-state index is 12.6. The van der Waals surface area contributed by atoms with Crippen molar-refractivity contribution >= 4 is 23.0 Å². The maximum absolute atomic E-state index is 12.6. The number of fused-ring (bicyclic) bond motifs is 1. The Bertz CT molecular complexity index is 1010. The zero-order valence-corrected chi connectivity index (χ0v) is 17.8. The van der Waals surface area contributed by atoms with E-state index in [0.29, 0.717) is 0 Å². The predicted octanol–water partition coefficient (Wildman–Crippen LogP) is 0.403. The van der Waals surface area contributed by atoms with Gasteiger partial charge in [0.1, 0.15) is 6.54 Å². The smallest absolute Gasteiger partial charge is 0.332 e. The number of hydrogen-bond acceptors (Lipinski definition) is 6. The average molecular weight is 407 g/mol. The second-order valence-electron chi connectivity index (χ2n) is 7.23. The Morgan fingerprint density at radius 1 is 1.10 bits per heavy atom. The summed E-state index contributed by atoms with van der Waals surface area (Å²) in [4.78, 5) is 55.1. The molecule has 0 unspecified atom stereocenters. The van der Waals surface area contributed by atoms with E-state index < -0.39 is 17.2 Å². The molecule has 0 saturated heterocycles. The number of nitrogens with zero attached hydrogens (tertiary/aromatic N) is 5. The van der Waals surface area contributed by atoms with Gasteiger partial charge in [0.05, 0.1) is 6.33 Å². The summed E-state index contributed by atoms with van der Waals surface area (Å²) in [5.74, 6) is -0.919. The van der Waals surface area contributed by atoms with Crippen molar-refractivity contribution in [3.05, 3.63) is 27.2 Å². The van der Waals surface area contributed by atoms with E-state index in [1.54, 1.807) is 4.90 Å². The fourth-order valence-corrected chi connectivity index (χ4v) is 3.24. The molecule has 0 aromatic carbocycles. The van der Waals surface area contributed by atoms with Crippen molar-refractivity contribution in [3.8, 4) is 0 Å². The SMILES string of the molecule is CC[C@H](C)N(C(=O)COC(=O)Cn1cnc2c1c(=O)n(C)c(=O)n2C)[C@@H](C)CC. The molecular weight excluding hydrogens is 378 g/mol. The largest absolute Gasteiger partial charge is 0.454 e. The highest BCUT2D eigenvalue weighted by Crippen LogP contribution is 2.12. The van der Waals surface area contributed by atoms with Crippen molar-refractivity contribution in [2.24, 2.45) is 14.1 Å². The van der Waals surface area contributed by atoms with Gasteiger partial charge in [0, 0.05) is 26.2 Å². The molecule has 160 valence electrons. The molecule has 0 aliphatic heterocycles. The minimum atomic E-state index is -0.665. The van der Waals surface area contributed by atoms with Crippen LogP contribution < -0.4 is 11.2 Å². The first-order valence-corrected chi connectivity index (χ1v) is 9.71. The summed E-state index contributed by atoms with van der Waals surface area (Å²) in [5, 5.41) is 0. The molecule has 0 aliphatic rings. The van der Waals surface area contributed by atoms with Crippen LogP contribution in [-0.2, 0) is 35.0 Å². The first-order valence-electron chi connectivity index (χ1n) is 9.71. The molecule has 0 radical (unpaired) electrons. The predicted molar refractivity (Wildman–Crippen MR) is 108 cm³/mol. The van der Waals surface area contributed by atoms with Crippen molar-refractivity contribution in [1.82, 2.24) is 23.6 Å². The minimum Gasteiger partial charge on any atom is -0.454 e. The van der Waals surface area contributed by atoms with Crippen molar-refractivity contribution in [3.63, 3.8) is 0 Å². The molecule has 2 aromatic heterocycles. The van der Waals surface area contributed by atoms with Crippen molar-refractivity contribution < 1.29 is 14.3 Å². The van der Waals surface area contributed by atoms with Gasteiger partial charge < -0.3 is 14.2 Å². The Morgan fingerprint density at radius 3 is 2.24 bits per heavy atom. The number of aryl methyl sites for hydroxylation is 1. The second kappa shape index (κ2) is 9.06. The molecule has 29 heavy (non-hydrogen) atoms. The summed E-state index contributed by atoms with van der Waals surface area (Å²) < 4.78 is 8.67. The molecule has 2 heterocycles. The van der Waals surface area contributed by atoms with Gasteiger partial charge in [-0.05, 0) is 26.7 Å². The third-order valence-electron chi connectivity index (χ3n) is 5.29. The van der Waals surface area contributed by atoms with Crippen LogP contribution in [0.1, 0.15) is 40.5 Å². The molecule has 10 nitrogen and oxygen atoms in total. The van der Waals surface area contributed by atoms with Gasteiger partial charge >= 0.3 is 11.7 Å². The summed E-state index contributed by atoms with van der Waals surface area (Å²) in [7, 11) is 2.85. The van der Waals surface area contributed by atoms with Crippen molar-refractivity contribution in [1.29, 1.82) is 0 Å². The Labute approximate surface area is 168 Å². The number of hydrogen-bond donors (Lipinski definition) is 0. The number of esters is 1. The highest BCUT2D eigenvalue weighted by atomic mass is 16.5.